The summed E-state index contributed by atoms with van der Waals surface area (Å²) >= 11 is 1.07. The number of hydrogen-bond donors (Lipinski definition) is 2. The molecule has 2 rings (SSSR count). The number of carbonyl (C=O) groups is 3. The van der Waals surface area contributed by atoms with Crippen molar-refractivity contribution in [2.24, 2.45) is 0 Å². The Kier molecular flexibility index (Phi) is 7.38. The fourth-order valence-electron chi connectivity index (χ4n) is 2.28. The molecular formula is C17H21N5O5S. The van der Waals surface area contributed by atoms with E-state index in [0.29, 0.717) is 16.4 Å². The Balaban J connectivity index is 2.12. The van der Waals surface area contributed by atoms with Crippen molar-refractivity contribution in [2.75, 3.05) is 30.5 Å². The summed E-state index contributed by atoms with van der Waals surface area (Å²) < 4.78 is 11.0. The quantitative estimate of drug-likeness (QED) is 0.492. The number of benzene rings is 1. The molecule has 0 radical (unpaired) electrons. The molecule has 1 heterocycles. The minimum Gasteiger partial charge on any atom is -0.465 e. The Morgan fingerprint density at radius 2 is 2.07 bits per heavy atom. The Morgan fingerprint density at radius 3 is 2.75 bits per heavy atom. The molecule has 11 heteroatoms. The highest BCUT2D eigenvalue weighted by molar-refractivity contribution is 7.99. The lowest BCUT2D eigenvalue weighted by Crippen LogP contribution is -2.25. The van der Waals surface area contributed by atoms with Crippen LogP contribution in [0.4, 0.5) is 11.6 Å². The van der Waals surface area contributed by atoms with Gasteiger partial charge in [0.2, 0.25) is 11.9 Å². The van der Waals surface area contributed by atoms with Gasteiger partial charge in [-0.2, -0.15) is 0 Å². The molecular weight excluding hydrogens is 386 g/mol. The van der Waals surface area contributed by atoms with E-state index in [4.69, 9.17) is 10.5 Å². The van der Waals surface area contributed by atoms with Gasteiger partial charge < -0.3 is 20.5 Å². The Hall–Kier alpha value is -3.08. The van der Waals surface area contributed by atoms with Gasteiger partial charge in [-0.3, -0.25) is 14.2 Å². The van der Waals surface area contributed by atoms with Crippen molar-refractivity contribution in [3.63, 3.8) is 0 Å². The average molecular weight is 407 g/mol. The molecule has 1 unspecified atom stereocenters. The second kappa shape index (κ2) is 9.74. The SMILES string of the molecule is CCOC(=O)CSc1nnc(N)n1C(C)C(=O)Nc1cccc(C(=O)OC)c1. The van der Waals surface area contributed by atoms with Crippen LogP contribution in [0.1, 0.15) is 30.2 Å². The van der Waals surface area contributed by atoms with Crippen molar-refractivity contribution in [3.8, 4) is 0 Å². The van der Waals surface area contributed by atoms with E-state index in [1.807, 2.05) is 0 Å². The molecule has 1 aromatic heterocycles. The minimum absolute atomic E-state index is 0.0154. The number of methoxy groups -OCH3 is 1. The molecule has 28 heavy (non-hydrogen) atoms. The fourth-order valence-corrected chi connectivity index (χ4v) is 3.10. The molecule has 150 valence electrons. The topological polar surface area (TPSA) is 138 Å². The molecule has 0 fully saturated rings. The van der Waals surface area contributed by atoms with Gasteiger partial charge >= 0.3 is 11.9 Å². The lowest BCUT2D eigenvalue weighted by Gasteiger charge is -2.16. The zero-order valence-corrected chi connectivity index (χ0v) is 16.5. The Morgan fingerprint density at radius 1 is 1.32 bits per heavy atom. The van der Waals surface area contributed by atoms with Gasteiger partial charge in [0.25, 0.3) is 0 Å². The molecule has 0 aliphatic heterocycles. The highest BCUT2D eigenvalue weighted by Gasteiger charge is 2.23. The minimum atomic E-state index is -0.763. The number of aromatic nitrogens is 3. The van der Waals surface area contributed by atoms with Crippen LogP contribution in [0, 0.1) is 0 Å². The summed E-state index contributed by atoms with van der Waals surface area (Å²) in [4.78, 5) is 35.8. The summed E-state index contributed by atoms with van der Waals surface area (Å²) in [7, 11) is 1.28. The van der Waals surface area contributed by atoms with E-state index in [0.717, 1.165) is 11.8 Å². The first-order valence-electron chi connectivity index (χ1n) is 8.35. The van der Waals surface area contributed by atoms with Crippen molar-refractivity contribution < 1.29 is 23.9 Å². The number of ether oxygens (including phenoxy) is 2. The molecule has 10 nitrogen and oxygen atoms in total. The van der Waals surface area contributed by atoms with Gasteiger partial charge in [0, 0.05) is 5.69 Å². The number of amides is 1. The second-order valence-electron chi connectivity index (χ2n) is 5.54. The monoisotopic (exact) mass is 407 g/mol. The van der Waals surface area contributed by atoms with Crippen LogP contribution in [-0.4, -0.2) is 52.1 Å². The van der Waals surface area contributed by atoms with Crippen LogP contribution >= 0.6 is 11.8 Å². The predicted octanol–water partition coefficient (Wildman–Crippen LogP) is 1.50. The molecule has 0 bridgehead atoms. The predicted molar refractivity (Wildman–Crippen MR) is 103 cm³/mol. The maximum atomic E-state index is 12.6. The number of nitrogens with one attached hydrogen (secondary N) is 1. The third kappa shape index (κ3) is 5.22. The van der Waals surface area contributed by atoms with Crippen molar-refractivity contribution in [1.29, 1.82) is 0 Å². The standard InChI is InChI=1S/C17H21N5O5S/c1-4-27-13(23)9-28-17-21-20-16(18)22(17)10(2)14(24)19-12-7-5-6-11(8-12)15(25)26-3/h5-8,10H,4,9H2,1-3H3,(H2,18,20)(H,19,24). The van der Waals surface area contributed by atoms with Crippen molar-refractivity contribution in [1.82, 2.24) is 14.8 Å². The van der Waals surface area contributed by atoms with E-state index in [9.17, 15) is 14.4 Å². The van der Waals surface area contributed by atoms with Gasteiger partial charge in [0.1, 0.15) is 6.04 Å². The Bertz CT molecular complexity index is 869. The molecule has 1 atom stereocenters. The van der Waals surface area contributed by atoms with Crippen LogP contribution in [0.2, 0.25) is 0 Å². The van der Waals surface area contributed by atoms with E-state index >= 15 is 0 Å². The number of nitrogens with two attached hydrogens (primary N) is 1. The molecule has 0 saturated heterocycles. The van der Waals surface area contributed by atoms with E-state index in [1.165, 1.54) is 17.7 Å². The summed E-state index contributed by atoms with van der Waals surface area (Å²) in [5.74, 6) is -1.26. The van der Waals surface area contributed by atoms with E-state index in [-0.39, 0.29) is 18.3 Å². The molecule has 0 aliphatic rings. The summed E-state index contributed by atoms with van der Waals surface area (Å²) in [6.45, 7) is 3.61. The molecule has 0 spiro atoms. The molecule has 2 aromatic rings. The fraction of sp³-hybridized carbons (Fsp3) is 0.353. The van der Waals surface area contributed by atoms with Gasteiger partial charge in [-0.05, 0) is 32.0 Å². The average Bonchev–Trinajstić information content (AvgIpc) is 3.05. The van der Waals surface area contributed by atoms with Crippen LogP contribution in [-0.2, 0) is 19.1 Å². The zero-order chi connectivity index (χ0) is 20.7. The molecule has 0 saturated carbocycles. The third-order valence-electron chi connectivity index (χ3n) is 3.63. The van der Waals surface area contributed by atoms with Gasteiger partial charge in [-0.1, -0.05) is 17.8 Å². The summed E-state index contributed by atoms with van der Waals surface area (Å²) in [5.41, 5.74) is 6.57. The van der Waals surface area contributed by atoms with E-state index in [1.54, 1.807) is 32.0 Å². The van der Waals surface area contributed by atoms with Gasteiger partial charge in [0.05, 0.1) is 25.0 Å². The summed E-state index contributed by atoms with van der Waals surface area (Å²) in [5, 5.41) is 10.7. The highest BCUT2D eigenvalue weighted by Crippen LogP contribution is 2.24. The lowest BCUT2D eigenvalue weighted by atomic mass is 10.2. The van der Waals surface area contributed by atoms with Crippen LogP contribution < -0.4 is 11.1 Å². The van der Waals surface area contributed by atoms with Gasteiger partial charge in [-0.15, -0.1) is 10.2 Å². The number of carbonyl (C=O) groups excluding carboxylic acids is 3. The van der Waals surface area contributed by atoms with Crippen molar-refractivity contribution in [2.45, 2.75) is 25.0 Å². The Labute approximate surface area is 165 Å². The van der Waals surface area contributed by atoms with Gasteiger partial charge in [-0.25, -0.2) is 4.79 Å². The maximum absolute atomic E-state index is 12.6. The number of hydrogen-bond acceptors (Lipinski definition) is 9. The largest absolute Gasteiger partial charge is 0.465 e. The first kappa shape index (κ1) is 21.2. The number of rotatable bonds is 8. The first-order valence-corrected chi connectivity index (χ1v) is 9.34. The zero-order valence-electron chi connectivity index (χ0n) is 15.7. The molecule has 1 amide bonds. The highest BCUT2D eigenvalue weighted by atomic mass is 32.2. The second-order valence-corrected chi connectivity index (χ2v) is 6.48. The lowest BCUT2D eigenvalue weighted by molar-refractivity contribution is -0.139. The number of thioether (sulfide) groups is 1. The maximum Gasteiger partial charge on any atom is 0.337 e. The third-order valence-corrected chi connectivity index (χ3v) is 4.55. The van der Waals surface area contributed by atoms with Crippen molar-refractivity contribution in [3.05, 3.63) is 29.8 Å². The normalized spacial score (nSPS) is 11.5. The summed E-state index contributed by atoms with van der Waals surface area (Å²) in [6, 6.07) is 5.58. The van der Waals surface area contributed by atoms with Crippen LogP contribution in [0.15, 0.2) is 29.4 Å². The number of anilines is 2. The first-order chi connectivity index (χ1) is 13.4. The van der Waals surface area contributed by atoms with Crippen LogP contribution in [0.25, 0.3) is 0 Å². The smallest absolute Gasteiger partial charge is 0.337 e. The molecule has 0 aliphatic carbocycles. The van der Waals surface area contributed by atoms with Gasteiger partial charge in [0.15, 0.2) is 5.16 Å². The number of esters is 2. The van der Waals surface area contributed by atoms with E-state index in [2.05, 4.69) is 20.3 Å². The van der Waals surface area contributed by atoms with Crippen LogP contribution in [0.5, 0.6) is 0 Å². The molecule has 1 aromatic carbocycles. The van der Waals surface area contributed by atoms with Crippen molar-refractivity contribution >= 4 is 41.2 Å². The van der Waals surface area contributed by atoms with Crippen LogP contribution in [0.3, 0.4) is 0 Å². The number of nitrogens with zero attached hydrogens (tertiary/aromatic N) is 3. The number of nitrogen functional groups attached to an aromatic ring is 1. The summed E-state index contributed by atoms with van der Waals surface area (Å²) in [6.07, 6.45) is 0. The van der Waals surface area contributed by atoms with E-state index < -0.39 is 23.9 Å². The molecule has 3 N–H and O–H groups in total.